The van der Waals surface area contributed by atoms with Gasteiger partial charge in [0, 0.05) is 13.6 Å². The van der Waals surface area contributed by atoms with E-state index in [0.717, 1.165) is 10.7 Å². The standard InChI is InChI=1S/C14H13ClN4OS2/c1-3-5-19-13(20)9-4-6-21-12(9)17-14(19)22-8-11-16-7-10(15)18(11)2/h3-4,6-7H,1,5,8H2,2H3. The number of nitrogens with zero attached hydrogens (tertiary/aromatic N) is 4. The van der Waals surface area contributed by atoms with Crippen molar-refractivity contribution in [2.24, 2.45) is 7.05 Å². The van der Waals surface area contributed by atoms with Crippen LogP contribution < -0.4 is 5.56 Å². The fraction of sp³-hybridized carbons (Fsp3) is 0.214. The number of hydrogen-bond acceptors (Lipinski definition) is 5. The average molecular weight is 353 g/mol. The van der Waals surface area contributed by atoms with Gasteiger partial charge in [-0.1, -0.05) is 29.4 Å². The molecule has 0 unspecified atom stereocenters. The van der Waals surface area contributed by atoms with Crippen LogP contribution in [0.3, 0.4) is 0 Å². The molecular formula is C14H13ClN4OS2. The minimum atomic E-state index is -0.0356. The summed E-state index contributed by atoms with van der Waals surface area (Å²) < 4.78 is 3.45. The highest BCUT2D eigenvalue weighted by Crippen LogP contribution is 2.24. The lowest BCUT2D eigenvalue weighted by Gasteiger charge is -2.10. The van der Waals surface area contributed by atoms with Gasteiger partial charge in [-0.15, -0.1) is 17.9 Å². The highest BCUT2D eigenvalue weighted by atomic mass is 35.5. The largest absolute Gasteiger partial charge is 0.322 e. The van der Waals surface area contributed by atoms with Gasteiger partial charge >= 0.3 is 0 Å². The lowest BCUT2D eigenvalue weighted by atomic mass is 10.4. The monoisotopic (exact) mass is 352 g/mol. The maximum absolute atomic E-state index is 12.5. The van der Waals surface area contributed by atoms with E-state index in [1.165, 1.54) is 23.1 Å². The van der Waals surface area contributed by atoms with E-state index in [9.17, 15) is 4.79 Å². The summed E-state index contributed by atoms with van der Waals surface area (Å²) in [5.74, 6) is 1.42. The van der Waals surface area contributed by atoms with Crippen LogP contribution in [0, 0.1) is 0 Å². The van der Waals surface area contributed by atoms with Gasteiger partial charge in [-0.05, 0) is 11.4 Å². The molecule has 0 radical (unpaired) electrons. The molecule has 114 valence electrons. The average Bonchev–Trinajstić information content (AvgIpc) is 3.09. The highest BCUT2D eigenvalue weighted by Gasteiger charge is 2.13. The van der Waals surface area contributed by atoms with Crippen molar-refractivity contribution in [1.29, 1.82) is 0 Å². The molecule has 0 aliphatic rings. The van der Waals surface area contributed by atoms with Gasteiger partial charge in [-0.25, -0.2) is 9.97 Å². The summed E-state index contributed by atoms with van der Waals surface area (Å²) in [6, 6.07) is 1.81. The zero-order valence-electron chi connectivity index (χ0n) is 11.8. The predicted octanol–water partition coefficient (Wildman–Crippen LogP) is 3.32. The van der Waals surface area contributed by atoms with Crippen molar-refractivity contribution < 1.29 is 0 Å². The van der Waals surface area contributed by atoms with Crippen molar-refractivity contribution in [3.8, 4) is 0 Å². The number of allylic oxidation sites excluding steroid dienone is 1. The lowest BCUT2D eigenvalue weighted by molar-refractivity contribution is 0.672. The van der Waals surface area contributed by atoms with Crippen molar-refractivity contribution in [1.82, 2.24) is 19.1 Å². The summed E-state index contributed by atoms with van der Waals surface area (Å²) in [5, 5.41) is 3.78. The van der Waals surface area contributed by atoms with Crippen molar-refractivity contribution >= 4 is 44.9 Å². The Morgan fingerprint density at radius 1 is 1.55 bits per heavy atom. The van der Waals surface area contributed by atoms with E-state index in [-0.39, 0.29) is 5.56 Å². The zero-order chi connectivity index (χ0) is 15.7. The van der Waals surface area contributed by atoms with Crippen LogP contribution in [0.5, 0.6) is 0 Å². The highest BCUT2D eigenvalue weighted by molar-refractivity contribution is 7.98. The second-order valence-corrected chi connectivity index (χ2v) is 6.81. The van der Waals surface area contributed by atoms with Crippen LogP contribution >= 0.6 is 34.7 Å². The summed E-state index contributed by atoms with van der Waals surface area (Å²) in [4.78, 5) is 22.1. The topological polar surface area (TPSA) is 52.7 Å². The van der Waals surface area contributed by atoms with E-state index >= 15 is 0 Å². The molecule has 0 bridgehead atoms. The van der Waals surface area contributed by atoms with Crippen LogP contribution in [0.2, 0.25) is 5.15 Å². The Labute approximate surface area is 140 Å². The quantitative estimate of drug-likeness (QED) is 0.401. The molecular weight excluding hydrogens is 340 g/mol. The molecule has 0 aliphatic carbocycles. The molecule has 0 amide bonds. The number of thiophene rings is 1. The molecule has 0 spiro atoms. The molecule has 3 heterocycles. The Balaban J connectivity index is 1.98. The maximum Gasteiger partial charge on any atom is 0.263 e. The van der Waals surface area contributed by atoms with Gasteiger partial charge in [-0.3, -0.25) is 9.36 Å². The van der Waals surface area contributed by atoms with E-state index in [4.69, 9.17) is 11.6 Å². The molecule has 0 aliphatic heterocycles. The van der Waals surface area contributed by atoms with Crippen LogP contribution in [0.1, 0.15) is 5.82 Å². The Morgan fingerprint density at radius 3 is 3.05 bits per heavy atom. The first-order chi connectivity index (χ1) is 10.6. The second kappa shape index (κ2) is 6.28. The van der Waals surface area contributed by atoms with Gasteiger partial charge in [-0.2, -0.15) is 0 Å². The lowest BCUT2D eigenvalue weighted by Crippen LogP contribution is -2.22. The SMILES string of the molecule is C=CCn1c(SCc2ncc(Cl)n2C)nc2sccc2c1=O. The normalized spacial score (nSPS) is 11.2. The smallest absolute Gasteiger partial charge is 0.263 e. The number of hydrogen-bond donors (Lipinski definition) is 0. The molecule has 22 heavy (non-hydrogen) atoms. The summed E-state index contributed by atoms with van der Waals surface area (Å²) in [6.07, 6.45) is 3.31. The van der Waals surface area contributed by atoms with Gasteiger partial charge in [0.25, 0.3) is 5.56 Å². The van der Waals surface area contributed by atoms with Crippen LogP contribution in [0.4, 0.5) is 0 Å². The predicted molar refractivity (Wildman–Crippen MR) is 91.9 cm³/mol. The van der Waals surface area contributed by atoms with Gasteiger partial charge in [0.05, 0.1) is 17.3 Å². The fourth-order valence-corrected chi connectivity index (χ4v) is 3.97. The number of aromatic nitrogens is 4. The molecule has 0 saturated carbocycles. The minimum Gasteiger partial charge on any atom is -0.322 e. The van der Waals surface area contributed by atoms with E-state index in [0.29, 0.717) is 28.0 Å². The number of fused-ring (bicyclic) bond motifs is 1. The van der Waals surface area contributed by atoms with Crippen molar-refractivity contribution in [3.63, 3.8) is 0 Å². The second-order valence-electron chi connectivity index (χ2n) is 4.58. The molecule has 0 saturated heterocycles. The van der Waals surface area contributed by atoms with Gasteiger partial charge in [0.15, 0.2) is 5.16 Å². The fourth-order valence-electron chi connectivity index (χ4n) is 2.02. The maximum atomic E-state index is 12.5. The van der Waals surface area contributed by atoms with Crippen molar-refractivity contribution in [2.75, 3.05) is 0 Å². The van der Waals surface area contributed by atoms with Crippen LogP contribution in [-0.4, -0.2) is 19.1 Å². The van der Waals surface area contributed by atoms with E-state index in [2.05, 4.69) is 16.5 Å². The van der Waals surface area contributed by atoms with Crippen molar-refractivity contribution in [2.45, 2.75) is 17.5 Å². The molecule has 0 N–H and O–H groups in total. The molecule has 0 aromatic carbocycles. The summed E-state index contributed by atoms with van der Waals surface area (Å²) in [6.45, 7) is 4.15. The van der Waals surface area contributed by atoms with Gasteiger partial charge < -0.3 is 4.57 Å². The Bertz CT molecular complexity index is 896. The molecule has 3 rings (SSSR count). The van der Waals surface area contributed by atoms with E-state index in [1.54, 1.807) is 16.8 Å². The van der Waals surface area contributed by atoms with Crippen LogP contribution in [0.25, 0.3) is 10.2 Å². The van der Waals surface area contributed by atoms with Gasteiger partial charge in [0.1, 0.15) is 15.8 Å². The molecule has 0 atom stereocenters. The van der Waals surface area contributed by atoms with E-state index in [1.807, 2.05) is 23.1 Å². The van der Waals surface area contributed by atoms with Gasteiger partial charge in [0.2, 0.25) is 0 Å². The number of rotatable bonds is 5. The first kappa shape index (κ1) is 15.3. The third-order valence-electron chi connectivity index (χ3n) is 3.22. The molecule has 3 aromatic rings. The van der Waals surface area contributed by atoms with Crippen LogP contribution in [0.15, 0.2) is 40.2 Å². The Kier molecular flexibility index (Phi) is 4.37. The van der Waals surface area contributed by atoms with Crippen molar-refractivity contribution in [3.05, 3.63) is 51.6 Å². The molecule has 3 aromatic heterocycles. The van der Waals surface area contributed by atoms with E-state index < -0.39 is 0 Å². The summed E-state index contributed by atoms with van der Waals surface area (Å²) in [7, 11) is 1.86. The summed E-state index contributed by atoms with van der Waals surface area (Å²) >= 11 is 8.92. The first-order valence-electron chi connectivity index (χ1n) is 6.49. The molecule has 0 fully saturated rings. The Hall–Kier alpha value is -1.57. The third kappa shape index (κ3) is 2.71. The summed E-state index contributed by atoms with van der Waals surface area (Å²) in [5.41, 5.74) is -0.0356. The number of thioether (sulfide) groups is 1. The molecule has 5 nitrogen and oxygen atoms in total. The first-order valence-corrected chi connectivity index (χ1v) is 8.74. The number of halogens is 1. The zero-order valence-corrected chi connectivity index (χ0v) is 14.2. The van der Waals surface area contributed by atoms with Crippen LogP contribution in [-0.2, 0) is 19.3 Å². The Morgan fingerprint density at radius 2 is 2.36 bits per heavy atom. The molecule has 8 heteroatoms. The minimum absolute atomic E-state index is 0.0356. The number of imidazole rings is 1. The third-order valence-corrected chi connectivity index (χ3v) is 5.35.